The number of nitrogens with zero attached hydrogens (tertiary/aromatic N) is 1. The maximum atomic E-state index is 5.64. The Bertz CT molecular complexity index is 1300. The van der Waals surface area contributed by atoms with Crippen LogP contribution in [0, 0.1) is 6.92 Å². The highest BCUT2D eigenvalue weighted by atomic mass is 16.5. The standard InChI is InChI=1S/C30H27NO/c1-22-17-18-28-27(19-22)26(20-25-15-9-10-16-29(25)32-2)21-31(28)30(23-11-5-3-6-12-23)24-13-7-4-8-14-24/h3-19,21,30H,20H2,1-2H3. The zero-order valence-electron chi connectivity index (χ0n) is 18.5. The van der Waals surface area contributed by atoms with E-state index in [0.717, 1.165) is 12.2 Å². The maximum absolute atomic E-state index is 5.64. The number of hydrogen-bond acceptors (Lipinski definition) is 1. The molecule has 2 nitrogen and oxygen atoms in total. The third kappa shape index (κ3) is 3.80. The van der Waals surface area contributed by atoms with Gasteiger partial charge in [0.05, 0.1) is 13.2 Å². The summed E-state index contributed by atoms with van der Waals surface area (Å²) in [7, 11) is 1.74. The lowest BCUT2D eigenvalue weighted by atomic mass is 9.98. The molecule has 158 valence electrons. The minimum Gasteiger partial charge on any atom is -0.496 e. The molecule has 0 bridgehead atoms. The van der Waals surface area contributed by atoms with Crippen LogP contribution in [0.4, 0.5) is 0 Å². The number of ether oxygens (including phenoxy) is 1. The summed E-state index contributed by atoms with van der Waals surface area (Å²) in [4.78, 5) is 0. The normalized spacial score (nSPS) is 11.2. The van der Waals surface area contributed by atoms with Crippen LogP contribution in [-0.4, -0.2) is 11.7 Å². The van der Waals surface area contributed by atoms with E-state index in [9.17, 15) is 0 Å². The molecule has 0 unspecified atom stereocenters. The van der Waals surface area contributed by atoms with E-state index in [1.807, 2.05) is 12.1 Å². The zero-order chi connectivity index (χ0) is 21.9. The molecule has 0 saturated heterocycles. The molecule has 0 radical (unpaired) electrons. The average Bonchev–Trinajstić information content (AvgIpc) is 3.18. The fourth-order valence-corrected chi connectivity index (χ4v) is 4.63. The largest absolute Gasteiger partial charge is 0.496 e. The van der Waals surface area contributed by atoms with Crippen LogP contribution in [0.1, 0.15) is 33.9 Å². The molecule has 0 N–H and O–H groups in total. The summed E-state index contributed by atoms with van der Waals surface area (Å²) in [5.74, 6) is 0.934. The Balaban J connectivity index is 1.71. The van der Waals surface area contributed by atoms with Gasteiger partial charge in [-0.1, -0.05) is 90.5 Å². The number of benzene rings is 4. The second-order valence-corrected chi connectivity index (χ2v) is 8.29. The van der Waals surface area contributed by atoms with Crippen LogP contribution in [0.3, 0.4) is 0 Å². The summed E-state index contributed by atoms with van der Waals surface area (Å²) in [6.45, 7) is 2.16. The number of aromatic nitrogens is 1. The topological polar surface area (TPSA) is 14.2 Å². The van der Waals surface area contributed by atoms with Crippen molar-refractivity contribution in [2.45, 2.75) is 19.4 Å². The SMILES string of the molecule is COc1ccccc1Cc1cn(C(c2ccccc2)c2ccccc2)c2ccc(C)cc12. The van der Waals surface area contributed by atoms with Crippen molar-refractivity contribution in [3.05, 3.63) is 137 Å². The summed E-state index contributed by atoms with van der Waals surface area (Å²) < 4.78 is 8.07. The van der Waals surface area contributed by atoms with Crippen LogP contribution >= 0.6 is 0 Å². The van der Waals surface area contributed by atoms with E-state index in [1.54, 1.807) is 7.11 Å². The summed E-state index contributed by atoms with van der Waals surface area (Å²) in [5.41, 5.74) is 7.59. The summed E-state index contributed by atoms with van der Waals surface area (Å²) in [6, 6.07) is 36.7. The van der Waals surface area contributed by atoms with Gasteiger partial charge in [-0.25, -0.2) is 0 Å². The van der Waals surface area contributed by atoms with E-state index < -0.39 is 0 Å². The Hall–Kier alpha value is -3.78. The molecule has 0 amide bonds. The van der Waals surface area contributed by atoms with Crippen molar-refractivity contribution in [3.63, 3.8) is 0 Å². The number of aryl methyl sites for hydroxylation is 1. The van der Waals surface area contributed by atoms with E-state index in [-0.39, 0.29) is 6.04 Å². The molecule has 0 atom stereocenters. The fraction of sp³-hybridized carbons (Fsp3) is 0.133. The highest BCUT2D eigenvalue weighted by Crippen LogP contribution is 2.35. The van der Waals surface area contributed by atoms with Crippen LogP contribution < -0.4 is 4.74 Å². The predicted octanol–water partition coefficient (Wildman–Crippen LogP) is 7.19. The average molecular weight is 418 g/mol. The minimum absolute atomic E-state index is 0.106. The van der Waals surface area contributed by atoms with Crippen molar-refractivity contribution in [2.24, 2.45) is 0 Å². The van der Waals surface area contributed by atoms with Gasteiger partial charge >= 0.3 is 0 Å². The number of methoxy groups -OCH3 is 1. The van der Waals surface area contributed by atoms with Crippen molar-refractivity contribution in [2.75, 3.05) is 7.11 Å². The highest BCUT2D eigenvalue weighted by molar-refractivity contribution is 5.85. The van der Waals surface area contributed by atoms with Crippen molar-refractivity contribution >= 4 is 10.9 Å². The molecule has 4 aromatic carbocycles. The van der Waals surface area contributed by atoms with E-state index in [2.05, 4.69) is 109 Å². The fourth-order valence-electron chi connectivity index (χ4n) is 4.63. The molecule has 0 aliphatic carbocycles. The molecule has 0 saturated carbocycles. The lowest BCUT2D eigenvalue weighted by Crippen LogP contribution is -2.11. The quantitative estimate of drug-likeness (QED) is 0.285. The van der Waals surface area contributed by atoms with Crippen molar-refractivity contribution < 1.29 is 4.74 Å². The Kier molecular flexibility index (Phi) is 5.51. The molecule has 5 rings (SSSR count). The lowest BCUT2D eigenvalue weighted by molar-refractivity contribution is 0.410. The van der Waals surface area contributed by atoms with Crippen LogP contribution in [0.2, 0.25) is 0 Å². The van der Waals surface area contributed by atoms with Gasteiger partial charge in [0, 0.05) is 23.5 Å². The van der Waals surface area contributed by atoms with Gasteiger partial charge in [0.25, 0.3) is 0 Å². The smallest absolute Gasteiger partial charge is 0.122 e. The number of para-hydroxylation sites is 1. The van der Waals surface area contributed by atoms with Gasteiger partial charge in [0.2, 0.25) is 0 Å². The predicted molar refractivity (Wildman–Crippen MR) is 133 cm³/mol. The highest BCUT2D eigenvalue weighted by Gasteiger charge is 2.20. The van der Waals surface area contributed by atoms with Gasteiger partial charge in [-0.05, 0) is 47.4 Å². The van der Waals surface area contributed by atoms with Gasteiger partial charge in [0.15, 0.2) is 0 Å². The number of hydrogen-bond donors (Lipinski definition) is 0. The third-order valence-electron chi connectivity index (χ3n) is 6.15. The van der Waals surface area contributed by atoms with Crippen molar-refractivity contribution in [1.82, 2.24) is 4.57 Å². The van der Waals surface area contributed by atoms with Crippen molar-refractivity contribution in [1.29, 1.82) is 0 Å². The van der Waals surface area contributed by atoms with Crippen LogP contribution in [0.5, 0.6) is 5.75 Å². The zero-order valence-corrected chi connectivity index (χ0v) is 18.5. The van der Waals surface area contributed by atoms with E-state index in [0.29, 0.717) is 0 Å². The third-order valence-corrected chi connectivity index (χ3v) is 6.15. The monoisotopic (exact) mass is 417 g/mol. The Morgan fingerprint density at radius 3 is 2.00 bits per heavy atom. The van der Waals surface area contributed by atoms with Crippen LogP contribution in [0.25, 0.3) is 10.9 Å². The summed E-state index contributed by atoms with van der Waals surface area (Å²) in [5, 5.41) is 1.30. The van der Waals surface area contributed by atoms with Crippen molar-refractivity contribution in [3.8, 4) is 5.75 Å². The molecular formula is C30H27NO. The first-order valence-electron chi connectivity index (χ1n) is 11.1. The number of rotatable bonds is 6. The van der Waals surface area contributed by atoms with Gasteiger partial charge < -0.3 is 9.30 Å². The maximum Gasteiger partial charge on any atom is 0.122 e. The van der Waals surface area contributed by atoms with Gasteiger partial charge in [-0.2, -0.15) is 0 Å². The van der Waals surface area contributed by atoms with Crippen LogP contribution in [0.15, 0.2) is 109 Å². The first-order valence-corrected chi connectivity index (χ1v) is 11.1. The Morgan fingerprint density at radius 2 is 1.34 bits per heavy atom. The molecule has 5 aromatic rings. The first-order chi connectivity index (χ1) is 15.7. The molecule has 0 aliphatic heterocycles. The minimum atomic E-state index is 0.106. The molecule has 2 heteroatoms. The van der Waals surface area contributed by atoms with Crippen LogP contribution in [-0.2, 0) is 6.42 Å². The van der Waals surface area contributed by atoms with E-state index in [1.165, 1.54) is 38.7 Å². The van der Waals surface area contributed by atoms with E-state index >= 15 is 0 Å². The number of fused-ring (bicyclic) bond motifs is 1. The molecule has 1 aromatic heterocycles. The van der Waals surface area contributed by atoms with Gasteiger partial charge in [-0.15, -0.1) is 0 Å². The molecule has 0 fully saturated rings. The second kappa shape index (κ2) is 8.76. The molecule has 0 spiro atoms. The summed E-state index contributed by atoms with van der Waals surface area (Å²) in [6.07, 6.45) is 3.16. The Morgan fingerprint density at radius 1 is 0.719 bits per heavy atom. The Labute approximate surface area is 189 Å². The van der Waals surface area contributed by atoms with Gasteiger partial charge in [0.1, 0.15) is 5.75 Å². The molecule has 32 heavy (non-hydrogen) atoms. The van der Waals surface area contributed by atoms with E-state index in [4.69, 9.17) is 4.74 Å². The molecule has 0 aliphatic rings. The lowest BCUT2D eigenvalue weighted by Gasteiger charge is -2.21. The second-order valence-electron chi connectivity index (χ2n) is 8.29. The summed E-state index contributed by atoms with van der Waals surface area (Å²) >= 11 is 0. The first kappa shape index (κ1) is 20.1. The molecular weight excluding hydrogens is 390 g/mol. The van der Waals surface area contributed by atoms with Gasteiger partial charge in [-0.3, -0.25) is 0 Å². The molecule has 1 heterocycles.